The summed E-state index contributed by atoms with van der Waals surface area (Å²) in [6.07, 6.45) is 1.76. The number of halogens is 2. The highest BCUT2D eigenvalue weighted by atomic mass is 35.5. The molecule has 3 aromatic rings. The lowest BCUT2D eigenvalue weighted by atomic mass is 10.1. The fraction of sp³-hybridized carbons (Fsp3) is 0.294. The summed E-state index contributed by atoms with van der Waals surface area (Å²) in [5.41, 5.74) is 1.20. The third-order valence-electron chi connectivity index (χ3n) is 4.49. The Balaban J connectivity index is 1.64. The first kappa shape index (κ1) is 17.1. The number of benzene rings is 1. The monoisotopic (exact) mass is 391 g/mol. The summed E-state index contributed by atoms with van der Waals surface area (Å²) in [6.45, 7) is 4.87. The predicted octanol–water partition coefficient (Wildman–Crippen LogP) is 3.72. The minimum Gasteiger partial charge on any atom is -0.329 e. The molecule has 1 aromatic carbocycles. The second kappa shape index (κ2) is 6.44. The zero-order chi connectivity index (χ0) is 18.4. The van der Waals surface area contributed by atoms with Crippen LogP contribution in [0.1, 0.15) is 34.8 Å². The molecule has 1 aliphatic rings. The van der Waals surface area contributed by atoms with Crippen molar-refractivity contribution < 1.29 is 9.18 Å². The zero-order valence-corrected chi connectivity index (χ0v) is 15.7. The molecule has 6 nitrogen and oxygen atoms in total. The largest absolute Gasteiger partial charge is 0.329 e. The zero-order valence-electron chi connectivity index (χ0n) is 14.1. The van der Waals surface area contributed by atoms with E-state index in [0.29, 0.717) is 18.9 Å². The number of aryl methyl sites for hydroxylation is 1. The maximum absolute atomic E-state index is 13.7. The SMILES string of the molecule is Cc1nsc(-c2ncc3n2CCN(C(=O)c2ccc(Cl)c(F)c2)C3C)n1. The van der Waals surface area contributed by atoms with Crippen molar-refractivity contribution >= 4 is 29.0 Å². The molecular formula is C17H15ClFN5OS. The first-order valence-electron chi connectivity index (χ1n) is 8.08. The first-order chi connectivity index (χ1) is 12.5. The third-order valence-corrected chi connectivity index (χ3v) is 5.60. The van der Waals surface area contributed by atoms with Gasteiger partial charge in [0, 0.05) is 18.7 Å². The van der Waals surface area contributed by atoms with Crippen LogP contribution in [0.25, 0.3) is 10.8 Å². The highest BCUT2D eigenvalue weighted by molar-refractivity contribution is 7.09. The van der Waals surface area contributed by atoms with E-state index < -0.39 is 5.82 Å². The van der Waals surface area contributed by atoms with E-state index in [1.165, 1.54) is 23.7 Å². The van der Waals surface area contributed by atoms with Gasteiger partial charge in [-0.2, -0.15) is 4.37 Å². The third kappa shape index (κ3) is 2.79. The van der Waals surface area contributed by atoms with Gasteiger partial charge < -0.3 is 9.47 Å². The summed E-state index contributed by atoms with van der Waals surface area (Å²) in [5.74, 6) is 0.657. The van der Waals surface area contributed by atoms with Crippen LogP contribution in [0.3, 0.4) is 0 Å². The number of hydrogen-bond acceptors (Lipinski definition) is 5. The van der Waals surface area contributed by atoms with Gasteiger partial charge in [-0.15, -0.1) is 0 Å². The summed E-state index contributed by atoms with van der Waals surface area (Å²) in [5, 5.41) is 0.767. The molecule has 1 atom stereocenters. The summed E-state index contributed by atoms with van der Waals surface area (Å²) in [6, 6.07) is 3.93. The van der Waals surface area contributed by atoms with E-state index >= 15 is 0 Å². The van der Waals surface area contributed by atoms with E-state index in [0.717, 1.165) is 16.5 Å². The van der Waals surface area contributed by atoms with Gasteiger partial charge >= 0.3 is 0 Å². The summed E-state index contributed by atoms with van der Waals surface area (Å²) in [7, 11) is 0. The predicted molar refractivity (Wildman–Crippen MR) is 96.7 cm³/mol. The summed E-state index contributed by atoms with van der Waals surface area (Å²) >= 11 is 7.02. The van der Waals surface area contributed by atoms with E-state index in [9.17, 15) is 9.18 Å². The van der Waals surface area contributed by atoms with Gasteiger partial charge in [-0.25, -0.2) is 14.4 Å². The molecule has 4 rings (SSSR count). The lowest BCUT2D eigenvalue weighted by Crippen LogP contribution is -2.41. The maximum atomic E-state index is 13.7. The Labute approximate surface area is 158 Å². The number of carbonyl (C=O) groups is 1. The lowest BCUT2D eigenvalue weighted by molar-refractivity contribution is 0.0644. The molecule has 0 saturated heterocycles. The van der Waals surface area contributed by atoms with Crippen molar-refractivity contribution in [2.24, 2.45) is 0 Å². The number of carbonyl (C=O) groups excluding carboxylic acids is 1. The first-order valence-corrected chi connectivity index (χ1v) is 9.23. The van der Waals surface area contributed by atoms with Gasteiger partial charge in [0.25, 0.3) is 5.91 Å². The molecule has 134 valence electrons. The van der Waals surface area contributed by atoms with Crippen LogP contribution in [0.2, 0.25) is 5.02 Å². The molecule has 0 saturated carbocycles. The smallest absolute Gasteiger partial charge is 0.254 e. The second-order valence-corrected chi connectivity index (χ2v) is 7.27. The molecule has 0 aliphatic carbocycles. The van der Waals surface area contributed by atoms with Gasteiger partial charge in [0.15, 0.2) is 10.8 Å². The number of nitrogens with zero attached hydrogens (tertiary/aromatic N) is 5. The van der Waals surface area contributed by atoms with Gasteiger partial charge in [0.05, 0.1) is 23.0 Å². The maximum Gasteiger partial charge on any atom is 0.254 e. The molecule has 0 bridgehead atoms. The van der Waals surface area contributed by atoms with E-state index in [1.54, 1.807) is 17.2 Å². The Morgan fingerprint density at radius 3 is 2.88 bits per heavy atom. The van der Waals surface area contributed by atoms with Gasteiger partial charge in [-0.1, -0.05) is 11.6 Å². The van der Waals surface area contributed by atoms with E-state index in [1.807, 2.05) is 13.8 Å². The van der Waals surface area contributed by atoms with Crippen LogP contribution in [0.4, 0.5) is 4.39 Å². The van der Waals surface area contributed by atoms with Crippen molar-refractivity contribution in [2.45, 2.75) is 26.4 Å². The molecule has 3 heterocycles. The van der Waals surface area contributed by atoms with Crippen molar-refractivity contribution in [3.05, 3.63) is 52.3 Å². The van der Waals surface area contributed by atoms with E-state index in [2.05, 4.69) is 18.9 Å². The number of fused-ring (bicyclic) bond motifs is 1. The van der Waals surface area contributed by atoms with Gasteiger partial charge in [0.2, 0.25) is 0 Å². The van der Waals surface area contributed by atoms with Crippen LogP contribution in [-0.4, -0.2) is 36.3 Å². The Hall–Kier alpha value is -2.32. The van der Waals surface area contributed by atoms with Crippen LogP contribution in [0, 0.1) is 12.7 Å². The minimum absolute atomic E-state index is 0.00307. The van der Waals surface area contributed by atoms with Crippen LogP contribution >= 0.6 is 23.1 Å². The van der Waals surface area contributed by atoms with Crippen molar-refractivity contribution in [1.82, 2.24) is 23.8 Å². The van der Waals surface area contributed by atoms with Gasteiger partial charge in [-0.3, -0.25) is 4.79 Å². The van der Waals surface area contributed by atoms with Crippen molar-refractivity contribution in [1.29, 1.82) is 0 Å². The van der Waals surface area contributed by atoms with Crippen molar-refractivity contribution in [2.75, 3.05) is 6.54 Å². The lowest BCUT2D eigenvalue weighted by Gasteiger charge is -2.35. The van der Waals surface area contributed by atoms with E-state index in [-0.39, 0.29) is 22.5 Å². The molecule has 0 radical (unpaired) electrons. The van der Waals surface area contributed by atoms with Crippen molar-refractivity contribution in [3.63, 3.8) is 0 Å². The van der Waals surface area contributed by atoms with E-state index in [4.69, 9.17) is 11.6 Å². The second-order valence-electron chi connectivity index (χ2n) is 6.11. The Morgan fingerprint density at radius 2 is 2.19 bits per heavy atom. The number of imidazole rings is 1. The van der Waals surface area contributed by atoms with Crippen LogP contribution in [0.5, 0.6) is 0 Å². The molecular weight excluding hydrogens is 377 g/mol. The Morgan fingerprint density at radius 1 is 1.38 bits per heavy atom. The fourth-order valence-electron chi connectivity index (χ4n) is 3.15. The molecule has 0 N–H and O–H groups in total. The molecule has 26 heavy (non-hydrogen) atoms. The topological polar surface area (TPSA) is 63.9 Å². The molecule has 1 unspecified atom stereocenters. The number of aromatic nitrogens is 4. The highest BCUT2D eigenvalue weighted by Gasteiger charge is 2.31. The Kier molecular flexibility index (Phi) is 4.24. The average molecular weight is 392 g/mol. The number of hydrogen-bond donors (Lipinski definition) is 0. The van der Waals surface area contributed by atoms with Gasteiger partial charge in [0.1, 0.15) is 11.6 Å². The van der Waals surface area contributed by atoms with Crippen LogP contribution < -0.4 is 0 Å². The average Bonchev–Trinajstić information content (AvgIpc) is 3.23. The summed E-state index contributed by atoms with van der Waals surface area (Å²) in [4.78, 5) is 23.4. The number of amides is 1. The number of rotatable bonds is 2. The fourth-order valence-corrected chi connectivity index (χ4v) is 3.94. The molecule has 9 heteroatoms. The molecule has 2 aromatic heterocycles. The molecule has 1 aliphatic heterocycles. The molecule has 0 fully saturated rings. The van der Waals surface area contributed by atoms with Crippen molar-refractivity contribution in [3.8, 4) is 10.8 Å². The normalized spacial score (nSPS) is 16.6. The summed E-state index contributed by atoms with van der Waals surface area (Å²) < 4.78 is 20.0. The standard InChI is InChI=1S/C17H15ClFN5OS/c1-9-14-8-20-15(16-21-10(2)22-26-16)24(14)6-5-23(9)17(25)11-3-4-12(18)13(19)7-11/h3-4,7-9H,5-6H2,1-2H3. The molecule has 0 spiro atoms. The van der Waals surface area contributed by atoms with Crippen LogP contribution in [-0.2, 0) is 6.54 Å². The highest BCUT2D eigenvalue weighted by Crippen LogP contribution is 2.32. The van der Waals surface area contributed by atoms with Gasteiger partial charge in [-0.05, 0) is 43.6 Å². The quantitative estimate of drug-likeness (QED) is 0.667. The Bertz CT molecular complexity index is 1000. The molecule has 1 amide bonds. The van der Waals surface area contributed by atoms with Crippen LogP contribution in [0.15, 0.2) is 24.4 Å². The minimum atomic E-state index is -0.596.